The minimum absolute atomic E-state index is 0.00164. The molecule has 2 fully saturated rings. The number of carbonyl (C=O) groups excluding carboxylic acids is 1. The molecule has 0 aromatic rings. The van der Waals surface area contributed by atoms with Gasteiger partial charge in [0, 0.05) is 0 Å². The summed E-state index contributed by atoms with van der Waals surface area (Å²) in [4.78, 5) is 11.7. The van der Waals surface area contributed by atoms with Crippen molar-refractivity contribution in [3.8, 4) is 6.07 Å². The minimum Gasteiger partial charge on any atom is -0.337 e. The van der Waals surface area contributed by atoms with Gasteiger partial charge in [0.25, 0.3) is 0 Å². The Morgan fingerprint density at radius 1 is 1.59 bits per heavy atom. The third-order valence-corrected chi connectivity index (χ3v) is 4.65. The van der Waals surface area contributed by atoms with Crippen molar-refractivity contribution in [2.75, 3.05) is 24.6 Å². The SMILES string of the molecule is CC(C#N)(NC(=O)CSCC1CNC1)C1CC1. The number of rotatable bonds is 6. The normalized spacial score (nSPS) is 23.3. The van der Waals surface area contributed by atoms with Crippen molar-refractivity contribution in [2.24, 2.45) is 11.8 Å². The smallest absolute Gasteiger partial charge is 0.231 e. The monoisotopic (exact) mass is 253 g/mol. The van der Waals surface area contributed by atoms with Crippen LogP contribution in [0.15, 0.2) is 0 Å². The van der Waals surface area contributed by atoms with Crippen LogP contribution in [0.1, 0.15) is 19.8 Å². The van der Waals surface area contributed by atoms with Crippen molar-refractivity contribution < 1.29 is 4.79 Å². The molecule has 5 heteroatoms. The van der Waals surface area contributed by atoms with Crippen LogP contribution < -0.4 is 10.6 Å². The zero-order chi connectivity index (χ0) is 12.3. The zero-order valence-corrected chi connectivity index (χ0v) is 11.0. The molecule has 2 rings (SSSR count). The molecule has 94 valence electrons. The summed E-state index contributed by atoms with van der Waals surface area (Å²) < 4.78 is 0. The van der Waals surface area contributed by atoms with E-state index in [0.29, 0.717) is 11.7 Å². The summed E-state index contributed by atoms with van der Waals surface area (Å²) in [5.41, 5.74) is -0.643. The molecule has 4 nitrogen and oxygen atoms in total. The van der Waals surface area contributed by atoms with E-state index in [2.05, 4.69) is 16.7 Å². The van der Waals surface area contributed by atoms with E-state index in [4.69, 9.17) is 5.26 Å². The molecule has 2 aliphatic rings. The lowest BCUT2D eigenvalue weighted by molar-refractivity contribution is -0.119. The van der Waals surface area contributed by atoms with Crippen molar-refractivity contribution >= 4 is 17.7 Å². The first-order chi connectivity index (χ1) is 8.14. The number of thioether (sulfide) groups is 1. The van der Waals surface area contributed by atoms with Gasteiger partial charge in [-0.1, -0.05) is 0 Å². The van der Waals surface area contributed by atoms with Gasteiger partial charge < -0.3 is 10.6 Å². The summed E-state index contributed by atoms with van der Waals surface area (Å²) in [5, 5.41) is 15.2. The van der Waals surface area contributed by atoms with Gasteiger partial charge in [-0.05, 0) is 50.4 Å². The summed E-state index contributed by atoms with van der Waals surface area (Å²) >= 11 is 1.67. The van der Waals surface area contributed by atoms with Gasteiger partial charge >= 0.3 is 0 Å². The molecule has 2 N–H and O–H groups in total. The Labute approximate surface area is 107 Å². The Bertz CT molecular complexity index is 333. The first kappa shape index (κ1) is 12.7. The molecule has 0 bridgehead atoms. The van der Waals surface area contributed by atoms with Crippen LogP contribution in [0.4, 0.5) is 0 Å². The maximum atomic E-state index is 11.7. The average molecular weight is 253 g/mol. The van der Waals surface area contributed by atoms with Crippen LogP contribution in [0.3, 0.4) is 0 Å². The highest BCUT2D eigenvalue weighted by atomic mass is 32.2. The standard InChI is InChI=1S/C12H19N3OS/c1-12(8-13,10-2-3-10)15-11(16)7-17-6-9-4-14-5-9/h9-10,14H,2-7H2,1H3,(H,15,16). The van der Waals surface area contributed by atoms with E-state index in [9.17, 15) is 4.79 Å². The molecular formula is C12H19N3OS. The van der Waals surface area contributed by atoms with Crippen LogP contribution in [-0.2, 0) is 4.79 Å². The second-order valence-electron chi connectivity index (χ2n) is 5.18. The number of amides is 1. The number of carbonyl (C=O) groups is 1. The fourth-order valence-corrected chi connectivity index (χ4v) is 2.94. The van der Waals surface area contributed by atoms with Crippen molar-refractivity contribution in [3.05, 3.63) is 0 Å². The topological polar surface area (TPSA) is 64.9 Å². The van der Waals surface area contributed by atoms with Crippen molar-refractivity contribution in [1.29, 1.82) is 5.26 Å². The van der Waals surface area contributed by atoms with Gasteiger partial charge in [-0.15, -0.1) is 0 Å². The maximum absolute atomic E-state index is 11.7. The molecule has 0 radical (unpaired) electrons. The lowest BCUT2D eigenvalue weighted by Crippen LogP contribution is -2.47. The number of nitriles is 1. The summed E-state index contributed by atoms with van der Waals surface area (Å²) in [6.07, 6.45) is 2.12. The molecule has 1 saturated carbocycles. The number of hydrogen-bond donors (Lipinski definition) is 2. The van der Waals surface area contributed by atoms with E-state index in [1.165, 1.54) is 0 Å². The van der Waals surface area contributed by atoms with E-state index in [-0.39, 0.29) is 5.91 Å². The van der Waals surface area contributed by atoms with Gasteiger partial charge in [-0.2, -0.15) is 17.0 Å². The molecular weight excluding hydrogens is 234 g/mol. The molecule has 1 heterocycles. The van der Waals surface area contributed by atoms with Gasteiger partial charge in [0.05, 0.1) is 11.8 Å². The molecule has 17 heavy (non-hydrogen) atoms. The lowest BCUT2D eigenvalue weighted by Gasteiger charge is -2.27. The Hall–Kier alpha value is -0.730. The lowest BCUT2D eigenvalue weighted by atomic mass is 9.98. The van der Waals surface area contributed by atoms with Crippen molar-refractivity contribution in [3.63, 3.8) is 0 Å². The Kier molecular flexibility index (Phi) is 3.95. The van der Waals surface area contributed by atoms with Crippen LogP contribution in [0.25, 0.3) is 0 Å². The Balaban J connectivity index is 1.67. The molecule has 1 unspecified atom stereocenters. The summed E-state index contributed by atoms with van der Waals surface area (Å²) in [6.45, 7) is 3.99. The highest BCUT2D eigenvalue weighted by molar-refractivity contribution is 7.99. The quantitative estimate of drug-likeness (QED) is 0.733. The van der Waals surface area contributed by atoms with E-state index in [1.54, 1.807) is 11.8 Å². The van der Waals surface area contributed by atoms with Gasteiger partial charge in [0.1, 0.15) is 5.54 Å². The Morgan fingerprint density at radius 3 is 2.76 bits per heavy atom. The third-order valence-electron chi connectivity index (χ3n) is 3.48. The zero-order valence-electron chi connectivity index (χ0n) is 10.2. The predicted octanol–water partition coefficient (Wildman–Crippen LogP) is 0.747. The van der Waals surface area contributed by atoms with E-state index in [0.717, 1.165) is 37.6 Å². The molecule has 0 aromatic carbocycles. The van der Waals surface area contributed by atoms with E-state index < -0.39 is 5.54 Å². The summed E-state index contributed by atoms with van der Waals surface area (Å²) in [7, 11) is 0. The third kappa shape index (κ3) is 3.36. The molecule has 1 aliphatic heterocycles. The van der Waals surface area contributed by atoms with Crippen LogP contribution >= 0.6 is 11.8 Å². The number of nitrogens with one attached hydrogen (secondary N) is 2. The van der Waals surface area contributed by atoms with Crippen molar-refractivity contribution in [1.82, 2.24) is 10.6 Å². The van der Waals surface area contributed by atoms with Crippen LogP contribution in [0.5, 0.6) is 0 Å². The fourth-order valence-electron chi connectivity index (χ4n) is 1.99. The predicted molar refractivity (Wildman–Crippen MR) is 68.6 cm³/mol. The minimum atomic E-state index is -0.643. The van der Waals surface area contributed by atoms with Gasteiger partial charge in [0.15, 0.2) is 0 Å². The number of nitrogens with zero attached hydrogens (tertiary/aromatic N) is 1. The molecule has 1 atom stereocenters. The van der Waals surface area contributed by atoms with Crippen LogP contribution in [-0.4, -0.2) is 36.0 Å². The van der Waals surface area contributed by atoms with Gasteiger partial charge in [0.2, 0.25) is 5.91 Å². The van der Waals surface area contributed by atoms with Gasteiger partial charge in [-0.25, -0.2) is 0 Å². The second kappa shape index (κ2) is 5.28. The van der Waals surface area contributed by atoms with E-state index >= 15 is 0 Å². The highest BCUT2D eigenvalue weighted by Crippen LogP contribution is 2.39. The Morgan fingerprint density at radius 2 is 2.29 bits per heavy atom. The molecule has 0 spiro atoms. The van der Waals surface area contributed by atoms with Crippen molar-refractivity contribution in [2.45, 2.75) is 25.3 Å². The molecule has 1 aliphatic carbocycles. The number of hydrogen-bond acceptors (Lipinski definition) is 4. The van der Waals surface area contributed by atoms with Gasteiger partial charge in [-0.3, -0.25) is 4.79 Å². The summed E-state index contributed by atoms with van der Waals surface area (Å²) in [6, 6.07) is 2.24. The highest BCUT2D eigenvalue weighted by Gasteiger charge is 2.42. The molecule has 1 amide bonds. The first-order valence-electron chi connectivity index (χ1n) is 6.15. The van der Waals surface area contributed by atoms with E-state index in [1.807, 2.05) is 6.92 Å². The van der Waals surface area contributed by atoms with Crippen LogP contribution in [0.2, 0.25) is 0 Å². The fraction of sp³-hybridized carbons (Fsp3) is 0.833. The second-order valence-corrected chi connectivity index (χ2v) is 6.21. The molecule has 1 saturated heterocycles. The largest absolute Gasteiger partial charge is 0.337 e. The molecule has 0 aromatic heterocycles. The first-order valence-corrected chi connectivity index (χ1v) is 7.30. The average Bonchev–Trinajstić information content (AvgIpc) is 3.05. The maximum Gasteiger partial charge on any atom is 0.231 e. The summed E-state index contributed by atoms with van der Waals surface area (Å²) in [5.74, 6) is 2.59. The van der Waals surface area contributed by atoms with Crippen LogP contribution in [0, 0.1) is 23.2 Å².